The molecule has 2 rings (SSSR count). The number of anilines is 1. The summed E-state index contributed by atoms with van der Waals surface area (Å²) in [4.78, 5) is 16.3. The minimum atomic E-state index is -0.463. The number of benzene rings is 1. The van der Waals surface area contributed by atoms with E-state index >= 15 is 0 Å². The Kier molecular flexibility index (Phi) is 5.44. The van der Waals surface area contributed by atoms with Crippen LogP contribution in [0.5, 0.6) is 0 Å². The summed E-state index contributed by atoms with van der Waals surface area (Å²) in [5.41, 5.74) is 1.02. The maximum Gasteiger partial charge on any atom is 0.237 e. The van der Waals surface area contributed by atoms with Crippen molar-refractivity contribution in [2.45, 2.75) is 23.9 Å². The molecule has 1 atom stereocenters. The van der Waals surface area contributed by atoms with Crippen LogP contribution in [0.1, 0.15) is 12.6 Å². The summed E-state index contributed by atoms with van der Waals surface area (Å²) < 4.78 is 14.7. The van der Waals surface area contributed by atoms with Crippen molar-refractivity contribution in [2.75, 3.05) is 5.32 Å². The Bertz CT molecular complexity index is 693. The minimum Gasteiger partial charge on any atom is -0.390 e. The normalized spacial score (nSPS) is 12.2. The first-order valence-electron chi connectivity index (χ1n) is 6.46. The molecule has 2 N–H and O–H groups in total. The molecule has 0 aliphatic carbocycles. The molecule has 0 saturated heterocycles. The Morgan fingerprint density at radius 2 is 2.32 bits per heavy atom. The molecule has 0 aliphatic rings. The van der Waals surface area contributed by atoms with Crippen LogP contribution in [0.25, 0.3) is 0 Å². The number of nitrogens with zero attached hydrogens (tertiary/aromatic N) is 2. The van der Waals surface area contributed by atoms with Gasteiger partial charge in [-0.15, -0.1) is 0 Å². The summed E-state index contributed by atoms with van der Waals surface area (Å²) in [6.07, 6.45) is 1.56. The highest BCUT2D eigenvalue weighted by atomic mass is 35.5. The first kappa shape index (κ1) is 16.8. The lowest BCUT2D eigenvalue weighted by atomic mass is 10.3. The molecule has 5 nitrogen and oxygen atoms in total. The van der Waals surface area contributed by atoms with Gasteiger partial charge in [0, 0.05) is 7.05 Å². The first-order valence-corrected chi connectivity index (χ1v) is 7.72. The summed E-state index contributed by atoms with van der Waals surface area (Å²) in [5.74, 6) is -0.734. The molecular formula is C14H15ClFN3O2S. The van der Waals surface area contributed by atoms with Crippen LogP contribution in [0.15, 0.2) is 29.6 Å². The summed E-state index contributed by atoms with van der Waals surface area (Å²) >= 11 is 7.13. The van der Waals surface area contributed by atoms with E-state index in [1.807, 2.05) is 0 Å². The number of hydrogen-bond donors (Lipinski definition) is 2. The van der Waals surface area contributed by atoms with E-state index in [1.54, 1.807) is 24.7 Å². The van der Waals surface area contributed by atoms with E-state index in [1.165, 1.54) is 23.9 Å². The number of hydrogen-bond acceptors (Lipinski definition) is 4. The first-order chi connectivity index (χ1) is 10.4. The van der Waals surface area contributed by atoms with E-state index in [0.29, 0.717) is 16.5 Å². The summed E-state index contributed by atoms with van der Waals surface area (Å²) in [5, 5.41) is 12.1. The molecule has 0 spiro atoms. The largest absolute Gasteiger partial charge is 0.390 e. The maximum absolute atomic E-state index is 13.0. The maximum atomic E-state index is 13.0. The van der Waals surface area contributed by atoms with Crippen LogP contribution in [0.4, 0.5) is 10.1 Å². The molecule has 0 radical (unpaired) electrons. The van der Waals surface area contributed by atoms with Gasteiger partial charge in [-0.2, -0.15) is 0 Å². The van der Waals surface area contributed by atoms with Gasteiger partial charge in [0.15, 0.2) is 5.16 Å². The van der Waals surface area contributed by atoms with E-state index in [9.17, 15) is 9.18 Å². The number of amides is 1. The lowest BCUT2D eigenvalue weighted by Gasteiger charge is -2.13. The van der Waals surface area contributed by atoms with Crippen LogP contribution < -0.4 is 5.32 Å². The van der Waals surface area contributed by atoms with E-state index in [-0.39, 0.29) is 17.5 Å². The predicted molar refractivity (Wildman–Crippen MR) is 84.5 cm³/mol. The van der Waals surface area contributed by atoms with Gasteiger partial charge in [-0.05, 0) is 25.1 Å². The summed E-state index contributed by atoms with van der Waals surface area (Å²) in [7, 11) is 1.77. The SMILES string of the molecule is CC(Sc1ncc(CO)n1C)C(=O)Nc1ccc(F)cc1Cl. The number of halogens is 2. The molecular weight excluding hydrogens is 329 g/mol. The molecule has 0 aliphatic heterocycles. The molecule has 0 fully saturated rings. The van der Waals surface area contributed by atoms with Gasteiger partial charge < -0.3 is 15.0 Å². The third-order valence-corrected chi connectivity index (χ3v) is 4.51. The van der Waals surface area contributed by atoms with Crippen LogP contribution in [0, 0.1) is 5.82 Å². The third kappa shape index (κ3) is 3.79. The zero-order chi connectivity index (χ0) is 16.3. The van der Waals surface area contributed by atoms with Crippen molar-refractivity contribution in [1.82, 2.24) is 9.55 Å². The van der Waals surface area contributed by atoms with Crippen molar-refractivity contribution in [2.24, 2.45) is 7.05 Å². The second-order valence-electron chi connectivity index (χ2n) is 4.62. The zero-order valence-corrected chi connectivity index (χ0v) is 13.6. The molecule has 2 aromatic rings. The van der Waals surface area contributed by atoms with Crippen LogP contribution in [-0.4, -0.2) is 25.8 Å². The fraction of sp³-hybridized carbons (Fsp3) is 0.286. The Hall–Kier alpha value is -1.57. The highest BCUT2D eigenvalue weighted by molar-refractivity contribution is 8.00. The average molecular weight is 344 g/mol. The quantitative estimate of drug-likeness (QED) is 0.819. The number of carbonyl (C=O) groups excluding carboxylic acids is 1. The number of thioether (sulfide) groups is 1. The zero-order valence-electron chi connectivity index (χ0n) is 12.0. The molecule has 0 bridgehead atoms. The number of nitrogens with one attached hydrogen (secondary N) is 1. The van der Waals surface area contributed by atoms with Crippen LogP contribution in [-0.2, 0) is 18.4 Å². The second-order valence-corrected chi connectivity index (χ2v) is 6.34. The van der Waals surface area contributed by atoms with Crippen molar-refractivity contribution >= 4 is 35.0 Å². The van der Waals surface area contributed by atoms with Crippen molar-refractivity contribution in [3.05, 3.63) is 40.9 Å². The number of carbonyl (C=O) groups is 1. The lowest BCUT2D eigenvalue weighted by Crippen LogP contribution is -2.23. The highest BCUT2D eigenvalue weighted by Gasteiger charge is 2.18. The van der Waals surface area contributed by atoms with Crippen LogP contribution >= 0.6 is 23.4 Å². The van der Waals surface area contributed by atoms with Gasteiger partial charge in [-0.1, -0.05) is 23.4 Å². The Balaban J connectivity index is 2.04. The molecule has 118 valence electrons. The Morgan fingerprint density at radius 1 is 1.59 bits per heavy atom. The van der Waals surface area contributed by atoms with E-state index in [2.05, 4.69) is 10.3 Å². The third-order valence-electron chi connectivity index (χ3n) is 3.04. The number of aromatic nitrogens is 2. The highest BCUT2D eigenvalue weighted by Crippen LogP contribution is 2.26. The van der Waals surface area contributed by atoms with E-state index in [0.717, 1.165) is 6.07 Å². The molecule has 0 saturated carbocycles. The van der Waals surface area contributed by atoms with Gasteiger partial charge in [0.2, 0.25) is 5.91 Å². The second kappa shape index (κ2) is 7.13. The molecule has 1 unspecified atom stereocenters. The van der Waals surface area contributed by atoms with Gasteiger partial charge in [-0.25, -0.2) is 9.37 Å². The fourth-order valence-corrected chi connectivity index (χ4v) is 2.80. The van der Waals surface area contributed by atoms with Crippen LogP contribution in [0.2, 0.25) is 5.02 Å². The topological polar surface area (TPSA) is 67.2 Å². The van der Waals surface area contributed by atoms with Gasteiger partial charge in [0.25, 0.3) is 0 Å². The predicted octanol–water partition coefficient (Wildman–Crippen LogP) is 2.82. The standard InChI is InChI=1S/C14H15ClFN3O2S/c1-8(22-14-17-6-10(7-20)19(14)2)13(21)18-12-4-3-9(16)5-11(12)15/h3-6,8,20H,7H2,1-2H3,(H,18,21). The van der Waals surface area contributed by atoms with Gasteiger partial charge in [-0.3, -0.25) is 4.79 Å². The molecule has 1 aromatic heterocycles. The Morgan fingerprint density at radius 3 is 2.91 bits per heavy atom. The van der Waals surface area contributed by atoms with Crippen molar-refractivity contribution in [3.63, 3.8) is 0 Å². The monoisotopic (exact) mass is 343 g/mol. The number of imidazole rings is 1. The van der Waals surface area contributed by atoms with Crippen LogP contribution in [0.3, 0.4) is 0 Å². The molecule has 1 heterocycles. The lowest BCUT2D eigenvalue weighted by molar-refractivity contribution is -0.115. The average Bonchev–Trinajstić information content (AvgIpc) is 2.82. The van der Waals surface area contributed by atoms with Crippen molar-refractivity contribution in [3.8, 4) is 0 Å². The molecule has 8 heteroatoms. The smallest absolute Gasteiger partial charge is 0.237 e. The summed E-state index contributed by atoms with van der Waals surface area (Å²) in [6.45, 7) is 1.61. The number of aliphatic hydroxyl groups is 1. The number of aliphatic hydroxyl groups excluding tert-OH is 1. The molecule has 1 aromatic carbocycles. The molecule has 1 amide bonds. The fourth-order valence-electron chi connectivity index (χ4n) is 1.72. The van der Waals surface area contributed by atoms with Crippen molar-refractivity contribution in [1.29, 1.82) is 0 Å². The van der Waals surface area contributed by atoms with Gasteiger partial charge >= 0.3 is 0 Å². The summed E-state index contributed by atoms with van der Waals surface area (Å²) in [6, 6.07) is 3.78. The van der Waals surface area contributed by atoms with E-state index < -0.39 is 11.1 Å². The van der Waals surface area contributed by atoms with Gasteiger partial charge in [0.05, 0.1) is 34.5 Å². The van der Waals surface area contributed by atoms with E-state index in [4.69, 9.17) is 16.7 Å². The Labute approximate surface area is 136 Å². The number of rotatable bonds is 5. The van der Waals surface area contributed by atoms with Gasteiger partial charge in [0.1, 0.15) is 5.82 Å². The minimum absolute atomic E-state index is 0.115. The van der Waals surface area contributed by atoms with Crippen molar-refractivity contribution < 1.29 is 14.3 Å². The molecule has 22 heavy (non-hydrogen) atoms.